The molecule has 12 heteroatoms. The van der Waals surface area contributed by atoms with Crippen LogP contribution in [0.3, 0.4) is 0 Å². The van der Waals surface area contributed by atoms with Crippen molar-refractivity contribution in [2.45, 2.75) is 142 Å². The number of unbranched alkanes of at least 4 members (excludes halogenated alkanes) is 9. The summed E-state index contributed by atoms with van der Waals surface area (Å²) in [5, 5.41) is 21.7. The van der Waals surface area contributed by atoms with Gasteiger partial charge in [0, 0.05) is 12.8 Å². The molecule has 0 aromatic heterocycles. The number of aliphatic hydroxyl groups excluding tert-OH is 1. The van der Waals surface area contributed by atoms with E-state index in [-0.39, 0.29) is 12.8 Å². The van der Waals surface area contributed by atoms with E-state index in [0.29, 0.717) is 19.3 Å². The van der Waals surface area contributed by atoms with Gasteiger partial charge in [0.05, 0.1) is 13.2 Å². The number of aliphatic hydroxyl groups is 1. The molecule has 0 aliphatic rings. The maximum atomic E-state index is 12.2. The fourth-order valence-corrected chi connectivity index (χ4v) is 5.24. The number of amides is 1. The van der Waals surface area contributed by atoms with Crippen LogP contribution in [0.2, 0.25) is 0 Å². The lowest BCUT2D eigenvalue weighted by Crippen LogP contribution is -2.43. The number of rotatable bonds is 33. The molecule has 4 N–H and O–H groups in total. The summed E-state index contributed by atoms with van der Waals surface area (Å²) in [5.41, 5.74) is 0. The van der Waals surface area contributed by atoms with Crippen LogP contribution in [0.25, 0.3) is 0 Å². The van der Waals surface area contributed by atoms with Gasteiger partial charge in [0.15, 0.2) is 6.04 Å². The van der Waals surface area contributed by atoms with E-state index in [4.69, 9.17) is 13.8 Å². The highest BCUT2D eigenvalue weighted by molar-refractivity contribution is 7.47. The molecule has 0 heterocycles. The Hall–Kier alpha value is -2.82. The number of carbonyl (C=O) groups is 3. The van der Waals surface area contributed by atoms with Gasteiger partial charge in [-0.2, -0.15) is 0 Å². The van der Waals surface area contributed by atoms with Crippen molar-refractivity contribution in [3.05, 3.63) is 60.8 Å². The molecule has 3 unspecified atom stereocenters. The number of esters is 1. The van der Waals surface area contributed by atoms with Gasteiger partial charge in [-0.15, -0.1) is 0 Å². The van der Waals surface area contributed by atoms with Crippen molar-refractivity contribution >= 4 is 25.7 Å². The van der Waals surface area contributed by atoms with E-state index < -0.39 is 57.6 Å². The molecule has 0 aromatic carbocycles. The first-order valence-electron chi connectivity index (χ1n) is 18.3. The molecule has 11 nitrogen and oxygen atoms in total. The molecule has 0 fully saturated rings. The Bertz CT molecular complexity index is 1090. The third kappa shape index (κ3) is 32.4. The Morgan fingerprint density at radius 2 is 1.16 bits per heavy atom. The van der Waals surface area contributed by atoms with Crippen molar-refractivity contribution in [3.63, 3.8) is 0 Å². The largest absolute Gasteiger partial charge is 0.480 e. The number of ether oxygens (including phenoxy) is 1. The standard InChI is InChI=1S/C38H64NO10P/c1-3-5-7-9-11-13-14-15-16-17-18-19-20-22-24-26-28-30-37(42)47-31-34(40)32-48-50(45,46)49-33-35(38(43)44)39-36(41)29-27-25-23-21-12-10-8-6-4-2/h5,7,11,13,15-16,18-19,22,24,34-35,40H,3-4,6,8-10,12,14,17,20-21,23,25-33H2,1-2H3,(H,39,41)(H,43,44)(H,45,46)/b7-5-,13-11-,16-15-,19-18-,24-22-. The van der Waals surface area contributed by atoms with Crippen LogP contribution in [-0.4, -0.2) is 64.9 Å². The highest BCUT2D eigenvalue weighted by atomic mass is 31.2. The van der Waals surface area contributed by atoms with Crippen molar-refractivity contribution in [3.8, 4) is 0 Å². The van der Waals surface area contributed by atoms with Crippen molar-refractivity contribution in [2.24, 2.45) is 0 Å². The fourth-order valence-electron chi connectivity index (χ4n) is 4.47. The second-order valence-electron chi connectivity index (χ2n) is 12.0. The number of carboxylic acid groups (broad SMARTS) is 1. The number of phosphoric ester groups is 1. The SMILES string of the molecule is CC/C=C\C/C=C\C/C=C\C/C=C\C/C=C\CCCC(=O)OCC(O)COP(=O)(O)OCC(NC(=O)CCCCCCCCCCC)C(=O)O. The van der Waals surface area contributed by atoms with Gasteiger partial charge in [-0.05, 0) is 51.4 Å². The zero-order chi connectivity index (χ0) is 37.1. The number of carbonyl (C=O) groups excluding carboxylic acids is 2. The molecule has 0 aliphatic heterocycles. The van der Waals surface area contributed by atoms with Crippen molar-refractivity contribution in [1.82, 2.24) is 5.32 Å². The van der Waals surface area contributed by atoms with Crippen LogP contribution in [-0.2, 0) is 32.7 Å². The summed E-state index contributed by atoms with van der Waals surface area (Å²) in [6.45, 7) is 2.35. The predicted octanol–water partition coefficient (Wildman–Crippen LogP) is 8.44. The van der Waals surface area contributed by atoms with Gasteiger partial charge in [-0.25, -0.2) is 9.36 Å². The summed E-state index contributed by atoms with van der Waals surface area (Å²) in [5.74, 6) is -2.45. The minimum Gasteiger partial charge on any atom is -0.480 e. The predicted molar refractivity (Wildman–Crippen MR) is 198 cm³/mol. The van der Waals surface area contributed by atoms with E-state index in [1.807, 2.05) is 12.2 Å². The summed E-state index contributed by atoms with van der Waals surface area (Å²) in [6.07, 6.45) is 35.6. The number of aliphatic carboxylic acids is 1. The van der Waals surface area contributed by atoms with Crippen LogP contribution in [0.4, 0.5) is 0 Å². The molecule has 0 spiro atoms. The molecular formula is C38H64NO10P. The molecule has 0 rings (SSSR count). The van der Waals surface area contributed by atoms with Crippen LogP contribution in [0.5, 0.6) is 0 Å². The Balaban J connectivity index is 4.05. The molecule has 0 saturated carbocycles. The highest BCUT2D eigenvalue weighted by Crippen LogP contribution is 2.43. The third-order valence-electron chi connectivity index (χ3n) is 7.32. The molecule has 3 atom stereocenters. The van der Waals surface area contributed by atoms with Crippen molar-refractivity contribution < 1.29 is 47.8 Å². The molecule has 0 aromatic rings. The van der Waals surface area contributed by atoms with Gasteiger partial charge in [-0.1, -0.05) is 126 Å². The quantitative estimate of drug-likeness (QED) is 0.0223. The molecule has 0 bridgehead atoms. The zero-order valence-corrected chi connectivity index (χ0v) is 31.3. The summed E-state index contributed by atoms with van der Waals surface area (Å²) in [6, 6.07) is -1.55. The maximum absolute atomic E-state index is 12.2. The average Bonchev–Trinajstić information content (AvgIpc) is 3.08. The lowest BCUT2D eigenvalue weighted by Gasteiger charge is -2.18. The topological polar surface area (TPSA) is 169 Å². The van der Waals surface area contributed by atoms with Crippen LogP contribution in [0.15, 0.2) is 60.8 Å². The lowest BCUT2D eigenvalue weighted by molar-refractivity contribution is -0.147. The van der Waals surface area contributed by atoms with Crippen LogP contribution in [0.1, 0.15) is 129 Å². The van der Waals surface area contributed by atoms with E-state index in [1.165, 1.54) is 32.1 Å². The van der Waals surface area contributed by atoms with Gasteiger partial charge >= 0.3 is 19.8 Å². The van der Waals surface area contributed by atoms with Gasteiger partial charge in [0.1, 0.15) is 12.7 Å². The smallest absolute Gasteiger partial charge is 0.472 e. The molecule has 50 heavy (non-hydrogen) atoms. The number of nitrogens with one attached hydrogen (secondary N) is 1. The van der Waals surface area contributed by atoms with Gasteiger partial charge < -0.3 is 25.2 Å². The minimum atomic E-state index is -4.76. The highest BCUT2D eigenvalue weighted by Gasteiger charge is 2.28. The van der Waals surface area contributed by atoms with Gasteiger partial charge in [0.25, 0.3) is 0 Å². The van der Waals surface area contributed by atoms with Crippen molar-refractivity contribution in [2.75, 3.05) is 19.8 Å². The zero-order valence-electron chi connectivity index (χ0n) is 30.4. The lowest BCUT2D eigenvalue weighted by atomic mass is 10.1. The third-order valence-corrected chi connectivity index (χ3v) is 8.27. The summed E-state index contributed by atoms with van der Waals surface area (Å²) < 4.78 is 26.6. The number of carboxylic acids is 1. The Kier molecular flexibility index (Phi) is 31.5. The van der Waals surface area contributed by atoms with E-state index in [0.717, 1.165) is 51.4 Å². The Labute approximate surface area is 300 Å². The molecule has 286 valence electrons. The van der Waals surface area contributed by atoms with E-state index in [9.17, 15) is 34.1 Å². The number of allylic oxidation sites excluding steroid dienone is 10. The van der Waals surface area contributed by atoms with Crippen LogP contribution in [0, 0.1) is 0 Å². The first-order chi connectivity index (χ1) is 24.1. The second kappa shape index (κ2) is 33.3. The van der Waals surface area contributed by atoms with Crippen LogP contribution >= 0.6 is 7.82 Å². The first-order valence-corrected chi connectivity index (χ1v) is 19.8. The summed E-state index contributed by atoms with van der Waals surface area (Å²) in [4.78, 5) is 45.5. The molecule has 1 amide bonds. The fraction of sp³-hybridized carbons (Fsp3) is 0.658. The number of hydrogen-bond donors (Lipinski definition) is 4. The van der Waals surface area contributed by atoms with Crippen LogP contribution < -0.4 is 5.32 Å². The number of hydrogen-bond acceptors (Lipinski definition) is 8. The summed E-state index contributed by atoms with van der Waals surface area (Å²) in [7, 11) is -4.76. The monoisotopic (exact) mass is 725 g/mol. The minimum absolute atomic E-state index is 0.140. The second-order valence-corrected chi connectivity index (χ2v) is 13.5. The maximum Gasteiger partial charge on any atom is 0.472 e. The Morgan fingerprint density at radius 3 is 1.70 bits per heavy atom. The molecular weight excluding hydrogens is 661 g/mol. The number of phosphoric acid groups is 1. The van der Waals surface area contributed by atoms with Gasteiger partial charge in [-0.3, -0.25) is 18.6 Å². The molecule has 0 aliphatic carbocycles. The van der Waals surface area contributed by atoms with Crippen molar-refractivity contribution in [1.29, 1.82) is 0 Å². The summed E-state index contributed by atoms with van der Waals surface area (Å²) >= 11 is 0. The normalized spacial score (nSPS) is 14.6. The van der Waals surface area contributed by atoms with E-state index in [1.54, 1.807) is 0 Å². The van der Waals surface area contributed by atoms with Gasteiger partial charge in [0.2, 0.25) is 5.91 Å². The molecule has 0 radical (unpaired) electrons. The van der Waals surface area contributed by atoms with E-state index >= 15 is 0 Å². The average molecular weight is 726 g/mol. The first kappa shape index (κ1) is 47.2. The molecule has 0 saturated heterocycles. The Morgan fingerprint density at radius 1 is 0.660 bits per heavy atom. The van der Waals surface area contributed by atoms with E-state index in [2.05, 4.69) is 67.8 Å².